The van der Waals surface area contributed by atoms with Gasteiger partial charge in [0.2, 0.25) is 5.91 Å². The molecule has 0 spiro atoms. The first kappa shape index (κ1) is 16.3. The number of hydrogen-bond acceptors (Lipinski definition) is 2. The van der Waals surface area contributed by atoms with Crippen molar-refractivity contribution in [2.45, 2.75) is 24.6 Å². The predicted octanol–water partition coefficient (Wildman–Crippen LogP) is 3.12. The fourth-order valence-corrected chi connectivity index (χ4v) is 2.71. The van der Waals surface area contributed by atoms with Gasteiger partial charge in [0.25, 0.3) is 0 Å². The standard InChI is InChI=1S/C17H16F3N3O/c1-23-10-11(9-21-23)6-7-16(24)22-15-8-13(15)12-4-2-3-5-14(12)17(18,19)20/h2-7,9-10,13,15H,8H2,1H3,(H,22,24)/b7-6-/t13-,15+/m0/s1. The van der Waals surface area contributed by atoms with Crippen molar-refractivity contribution in [3.63, 3.8) is 0 Å². The van der Waals surface area contributed by atoms with Crippen LogP contribution in [0.3, 0.4) is 0 Å². The summed E-state index contributed by atoms with van der Waals surface area (Å²) < 4.78 is 40.7. The number of carbonyl (C=O) groups excluding carboxylic acids is 1. The Bertz CT molecular complexity index is 779. The third kappa shape index (κ3) is 3.67. The van der Waals surface area contributed by atoms with Crippen molar-refractivity contribution >= 4 is 12.0 Å². The third-order valence-corrected chi connectivity index (χ3v) is 3.94. The van der Waals surface area contributed by atoms with Gasteiger partial charge in [-0.05, 0) is 24.1 Å². The zero-order valence-corrected chi connectivity index (χ0v) is 12.9. The number of nitrogens with zero attached hydrogens (tertiary/aromatic N) is 2. The number of halogens is 3. The van der Waals surface area contributed by atoms with E-state index < -0.39 is 11.7 Å². The van der Waals surface area contributed by atoms with Crippen molar-refractivity contribution in [1.29, 1.82) is 0 Å². The SMILES string of the molecule is Cn1cc(/C=C\C(=O)N[C@@H]2C[C@H]2c2ccccc2C(F)(F)F)cn1. The third-order valence-electron chi connectivity index (χ3n) is 3.94. The first-order chi connectivity index (χ1) is 11.3. The molecule has 1 saturated carbocycles. The number of alkyl halides is 3. The van der Waals surface area contributed by atoms with Crippen LogP contribution >= 0.6 is 0 Å². The largest absolute Gasteiger partial charge is 0.416 e. The molecule has 3 rings (SSSR count). The fourth-order valence-electron chi connectivity index (χ4n) is 2.71. The summed E-state index contributed by atoms with van der Waals surface area (Å²) in [5.41, 5.74) is 0.395. The topological polar surface area (TPSA) is 46.9 Å². The molecule has 1 N–H and O–H groups in total. The number of nitrogens with one attached hydrogen (secondary N) is 1. The molecule has 126 valence electrons. The average molecular weight is 335 g/mol. The lowest BCUT2D eigenvalue weighted by atomic mass is 10.0. The van der Waals surface area contributed by atoms with E-state index in [1.54, 1.807) is 36.3 Å². The van der Waals surface area contributed by atoms with Crippen LogP contribution in [0.25, 0.3) is 6.08 Å². The Balaban J connectivity index is 1.62. The molecule has 1 aliphatic carbocycles. The molecule has 0 aliphatic heterocycles. The lowest BCUT2D eigenvalue weighted by Gasteiger charge is -2.12. The summed E-state index contributed by atoms with van der Waals surface area (Å²) in [5.74, 6) is -0.616. The first-order valence-corrected chi connectivity index (χ1v) is 7.48. The van der Waals surface area contributed by atoms with Crippen molar-refractivity contribution < 1.29 is 18.0 Å². The van der Waals surface area contributed by atoms with Crippen molar-refractivity contribution in [3.8, 4) is 0 Å². The Hall–Kier alpha value is -2.57. The molecular formula is C17H16F3N3O. The van der Waals surface area contributed by atoms with E-state index in [1.807, 2.05) is 0 Å². The van der Waals surface area contributed by atoms with E-state index in [2.05, 4.69) is 10.4 Å². The molecule has 0 unspecified atom stereocenters. The van der Waals surface area contributed by atoms with Crippen LogP contribution in [0.4, 0.5) is 13.2 Å². The van der Waals surface area contributed by atoms with E-state index in [0.29, 0.717) is 6.42 Å². The van der Waals surface area contributed by atoms with Gasteiger partial charge in [0, 0.05) is 36.8 Å². The average Bonchev–Trinajstić information content (AvgIpc) is 3.15. The minimum Gasteiger partial charge on any atom is -0.349 e. The molecule has 1 fully saturated rings. The highest BCUT2D eigenvalue weighted by Gasteiger charge is 2.44. The Morgan fingerprint density at radius 3 is 2.79 bits per heavy atom. The summed E-state index contributed by atoms with van der Waals surface area (Å²) in [6.45, 7) is 0. The quantitative estimate of drug-likeness (QED) is 0.873. The summed E-state index contributed by atoms with van der Waals surface area (Å²) in [6, 6.07) is 5.25. The molecule has 24 heavy (non-hydrogen) atoms. The molecule has 2 aromatic rings. The van der Waals surface area contributed by atoms with Crippen LogP contribution < -0.4 is 5.32 Å². The van der Waals surface area contributed by atoms with E-state index >= 15 is 0 Å². The highest BCUT2D eigenvalue weighted by atomic mass is 19.4. The minimum atomic E-state index is -4.38. The van der Waals surface area contributed by atoms with Crippen molar-refractivity contribution in [1.82, 2.24) is 15.1 Å². The highest BCUT2D eigenvalue weighted by molar-refractivity contribution is 5.92. The summed E-state index contributed by atoms with van der Waals surface area (Å²) in [5, 5.41) is 6.72. The van der Waals surface area contributed by atoms with Gasteiger partial charge in [0.15, 0.2) is 0 Å². The number of aryl methyl sites for hydroxylation is 1. The Morgan fingerprint density at radius 2 is 2.12 bits per heavy atom. The number of hydrogen-bond donors (Lipinski definition) is 1. The molecule has 0 bridgehead atoms. The lowest BCUT2D eigenvalue weighted by molar-refractivity contribution is -0.138. The molecule has 1 heterocycles. The molecule has 1 aromatic heterocycles. The van der Waals surface area contributed by atoms with Crippen LogP contribution in [0.5, 0.6) is 0 Å². The number of aromatic nitrogens is 2. The van der Waals surface area contributed by atoms with Crippen LogP contribution in [0, 0.1) is 0 Å². The molecule has 2 atom stereocenters. The van der Waals surface area contributed by atoms with Gasteiger partial charge in [0.05, 0.1) is 11.8 Å². The molecule has 1 aliphatic rings. The molecular weight excluding hydrogens is 319 g/mol. The van der Waals surface area contributed by atoms with Crippen molar-refractivity contribution in [2.75, 3.05) is 0 Å². The van der Waals surface area contributed by atoms with Gasteiger partial charge >= 0.3 is 6.18 Å². The van der Waals surface area contributed by atoms with Gasteiger partial charge < -0.3 is 5.32 Å². The normalized spacial score (nSPS) is 20.3. The number of amides is 1. The summed E-state index contributed by atoms with van der Waals surface area (Å²) in [4.78, 5) is 11.9. The second kappa shape index (κ2) is 6.14. The predicted molar refractivity (Wildman–Crippen MR) is 83.0 cm³/mol. The van der Waals surface area contributed by atoms with Crippen LogP contribution in [0.15, 0.2) is 42.7 Å². The van der Waals surface area contributed by atoms with E-state index in [9.17, 15) is 18.0 Å². The molecule has 0 saturated heterocycles. The monoisotopic (exact) mass is 335 g/mol. The minimum absolute atomic E-state index is 0.242. The van der Waals surface area contributed by atoms with Gasteiger partial charge in [-0.1, -0.05) is 18.2 Å². The van der Waals surface area contributed by atoms with E-state index in [1.165, 1.54) is 18.2 Å². The second-order valence-electron chi connectivity index (χ2n) is 5.82. The number of rotatable bonds is 4. The van der Waals surface area contributed by atoms with Gasteiger partial charge in [0.1, 0.15) is 0 Å². The van der Waals surface area contributed by atoms with Gasteiger partial charge in [-0.2, -0.15) is 18.3 Å². The Kier molecular flexibility index (Phi) is 4.17. The summed E-state index contributed by atoms with van der Waals surface area (Å²) in [7, 11) is 1.77. The van der Waals surface area contributed by atoms with Gasteiger partial charge in [-0.15, -0.1) is 0 Å². The maximum atomic E-state index is 13.0. The zero-order chi connectivity index (χ0) is 17.3. The van der Waals surface area contributed by atoms with Crippen molar-refractivity contribution in [3.05, 3.63) is 59.4 Å². The van der Waals surface area contributed by atoms with Crippen LogP contribution in [0.2, 0.25) is 0 Å². The molecule has 1 amide bonds. The van der Waals surface area contributed by atoms with Crippen LogP contribution in [0.1, 0.15) is 29.0 Å². The highest BCUT2D eigenvalue weighted by Crippen LogP contribution is 2.46. The first-order valence-electron chi connectivity index (χ1n) is 7.48. The molecule has 4 nitrogen and oxygen atoms in total. The van der Waals surface area contributed by atoms with Crippen LogP contribution in [-0.4, -0.2) is 21.7 Å². The Labute approximate surface area is 137 Å². The molecule has 0 radical (unpaired) electrons. The van der Waals surface area contributed by atoms with Crippen LogP contribution in [-0.2, 0) is 18.0 Å². The molecule has 7 heteroatoms. The van der Waals surface area contributed by atoms with Gasteiger partial charge in [-0.25, -0.2) is 0 Å². The summed E-state index contributed by atoms with van der Waals surface area (Å²) in [6.07, 6.45) is 2.48. The fraction of sp³-hybridized carbons (Fsp3) is 0.294. The lowest BCUT2D eigenvalue weighted by Crippen LogP contribution is -2.24. The van der Waals surface area contributed by atoms with E-state index in [-0.39, 0.29) is 23.4 Å². The maximum absolute atomic E-state index is 13.0. The van der Waals surface area contributed by atoms with Gasteiger partial charge in [-0.3, -0.25) is 9.48 Å². The van der Waals surface area contributed by atoms with E-state index in [4.69, 9.17) is 0 Å². The number of carbonyl (C=O) groups is 1. The maximum Gasteiger partial charge on any atom is 0.416 e. The summed E-state index contributed by atoms with van der Waals surface area (Å²) >= 11 is 0. The van der Waals surface area contributed by atoms with E-state index in [0.717, 1.165) is 11.6 Å². The molecule has 1 aromatic carbocycles. The number of benzene rings is 1. The Morgan fingerprint density at radius 1 is 1.38 bits per heavy atom. The smallest absolute Gasteiger partial charge is 0.349 e. The second-order valence-corrected chi connectivity index (χ2v) is 5.82. The zero-order valence-electron chi connectivity index (χ0n) is 12.9. The van der Waals surface area contributed by atoms with Crippen molar-refractivity contribution in [2.24, 2.45) is 7.05 Å².